The highest BCUT2D eigenvalue weighted by atomic mass is 79.9. The van der Waals surface area contributed by atoms with E-state index in [2.05, 4.69) is 21.2 Å². The molecule has 0 spiro atoms. The molecule has 1 aliphatic heterocycles. The van der Waals surface area contributed by atoms with Gasteiger partial charge in [-0.05, 0) is 35.9 Å². The van der Waals surface area contributed by atoms with Crippen LogP contribution in [0.1, 0.15) is 24.0 Å². The normalized spacial score (nSPS) is 16.7. The molecule has 3 rings (SSSR count). The molecule has 2 aromatic rings. The summed E-state index contributed by atoms with van der Waals surface area (Å²) >= 11 is 3.29. The van der Waals surface area contributed by atoms with Gasteiger partial charge in [0.05, 0.1) is 5.56 Å². The number of alkyl halides is 4. The number of hydrogen-bond donors (Lipinski definition) is 1. The van der Waals surface area contributed by atoms with Crippen molar-refractivity contribution in [2.24, 2.45) is 0 Å². The van der Waals surface area contributed by atoms with E-state index < -0.39 is 29.3 Å². The number of hydrogen-bond acceptors (Lipinski definition) is 1. The van der Waals surface area contributed by atoms with E-state index in [4.69, 9.17) is 0 Å². The smallest absolute Gasteiger partial charge is 0.324 e. The largest absolute Gasteiger partial charge is 0.416 e. The minimum atomic E-state index is -4.73. The first-order chi connectivity index (χ1) is 13.1. The van der Waals surface area contributed by atoms with E-state index in [1.165, 1.54) is 4.90 Å². The molecule has 0 aliphatic carbocycles. The minimum absolute atomic E-state index is 0.0546. The van der Waals surface area contributed by atoms with E-state index in [9.17, 15) is 22.4 Å². The van der Waals surface area contributed by atoms with E-state index in [1.807, 2.05) is 0 Å². The van der Waals surface area contributed by atoms with Crippen molar-refractivity contribution in [1.82, 2.24) is 4.90 Å². The van der Waals surface area contributed by atoms with Gasteiger partial charge in [-0.2, -0.15) is 13.2 Å². The summed E-state index contributed by atoms with van der Waals surface area (Å²) in [6, 6.07) is 7.93. The van der Waals surface area contributed by atoms with Crippen molar-refractivity contribution in [1.29, 1.82) is 0 Å². The molecule has 0 atom stereocenters. The number of nitrogens with zero attached hydrogens (tertiary/aromatic N) is 1. The Bertz CT molecular complexity index is 862. The first-order valence-corrected chi connectivity index (χ1v) is 9.25. The van der Waals surface area contributed by atoms with Crippen LogP contribution in [0, 0.1) is 5.82 Å². The Hall–Kier alpha value is -2.16. The van der Waals surface area contributed by atoms with Crippen molar-refractivity contribution in [3.8, 4) is 0 Å². The maximum atomic E-state index is 15.2. The molecular formula is C19H16BrF5N2O. The van der Waals surface area contributed by atoms with Gasteiger partial charge < -0.3 is 10.2 Å². The summed E-state index contributed by atoms with van der Waals surface area (Å²) in [5, 5.41) is 2.26. The summed E-state index contributed by atoms with van der Waals surface area (Å²) in [6.07, 6.45) is -4.62. The minimum Gasteiger partial charge on any atom is -0.324 e. The number of likely N-dealkylation sites (tertiary alicyclic amines) is 1. The number of urea groups is 1. The molecule has 1 heterocycles. The fraction of sp³-hybridized carbons (Fsp3) is 0.316. The van der Waals surface area contributed by atoms with E-state index in [-0.39, 0.29) is 31.6 Å². The predicted molar refractivity (Wildman–Crippen MR) is 98.2 cm³/mol. The van der Waals surface area contributed by atoms with Crippen molar-refractivity contribution < 1.29 is 26.7 Å². The fourth-order valence-corrected chi connectivity index (χ4v) is 3.39. The van der Waals surface area contributed by atoms with Gasteiger partial charge in [0.2, 0.25) is 0 Å². The van der Waals surface area contributed by atoms with Crippen LogP contribution >= 0.6 is 15.9 Å². The number of rotatable bonds is 2. The van der Waals surface area contributed by atoms with Crippen LogP contribution < -0.4 is 5.32 Å². The van der Waals surface area contributed by atoms with Crippen LogP contribution in [0.3, 0.4) is 0 Å². The van der Waals surface area contributed by atoms with Crippen LogP contribution in [0.15, 0.2) is 46.9 Å². The van der Waals surface area contributed by atoms with Crippen LogP contribution in [0.2, 0.25) is 0 Å². The number of carbonyl (C=O) groups is 1. The summed E-state index contributed by atoms with van der Waals surface area (Å²) in [7, 11) is 0. The Labute approximate surface area is 166 Å². The van der Waals surface area contributed by atoms with Gasteiger partial charge >= 0.3 is 12.2 Å². The molecule has 0 bridgehead atoms. The van der Waals surface area contributed by atoms with Crippen LogP contribution in [0.4, 0.5) is 32.4 Å². The Morgan fingerprint density at radius 2 is 1.68 bits per heavy atom. The van der Waals surface area contributed by atoms with Gasteiger partial charge in [-0.3, -0.25) is 0 Å². The van der Waals surface area contributed by atoms with E-state index in [0.717, 1.165) is 10.5 Å². The second-order valence-electron chi connectivity index (χ2n) is 6.62. The standard InChI is InChI=1S/C19H16BrF5N2O/c20-14-3-1-12(2-4-14)18(22)5-7-27(8-6-18)17(28)26-16-10-13(19(23,24)25)9-15(21)11-16/h1-4,9-11H,5-8H2,(H,26,28). The predicted octanol–water partition coefficient (Wildman–Crippen LogP) is 6.10. The maximum Gasteiger partial charge on any atom is 0.416 e. The highest BCUT2D eigenvalue weighted by Crippen LogP contribution is 2.37. The molecule has 1 N–H and O–H groups in total. The Kier molecular flexibility index (Phi) is 5.65. The van der Waals surface area contributed by atoms with Gasteiger partial charge in [0, 0.05) is 36.1 Å². The average Bonchev–Trinajstić information content (AvgIpc) is 2.61. The van der Waals surface area contributed by atoms with Crippen LogP contribution in [0.5, 0.6) is 0 Å². The van der Waals surface area contributed by atoms with Gasteiger partial charge in [0.1, 0.15) is 11.5 Å². The molecule has 0 saturated carbocycles. The molecule has 3 nitrogen and oxygen atoms in total. The lowest BCUT2D eigenvalue weighted by Gasteiger charge is -2.36. The van der Waals surface area contributed by atoms with Gasteiger partial charge in [0.25, 0.3) is 0 Å². The number of carbonyl (C=O) groups excluding carboxylic acids is 1. The van der Waals surface area contributed by atoms with Gasteiger partial charge in [-0.25, -0.2) is 13.6 Å². The second-order valence-corrected chi connectivity index (χ2v) is 7.53. The zero-order valence-corrected chi connectivity index (χ0v) is 16.1. The molecular weight excluding hydrogens is 447 g/mol. The SMILES string of the molecule is O=C(Nc1cc(F)cc(C(F)(F)F)c1)N1CCC(F)(c2ccc(Br)cc2)CC1. The second kappa shape index (κ2) is 7.69. The number of anilines is 1. The first kappa shape index (κ1) is 20.6. The zero-order valence-electron chi connectivity index (χ0n) is 14.5. The Morgan fingerprint density at radius 1 is 1.07 bits per heavy atom. The van der Waals surface area contributed by atoms with Crippen LogP contribution in [-0.4, -0.2) is 24.0 Å². The molecule has 1 saturated heterocycles. The average molecular weight is 463 g/mol. The third-order valence-corrected chi connectivity index (χ3v) is 5.21. The number of nitrogens with one attached hydrogen (secondary N) is 1. The zero-order chi connectivity index (χ0) is 20.5. The van der Waals surface area contributed by atoms with Gasteiger partial charge in [-0.15, -0.1) is 0 Å². The monoisotopic (exact) mass is 462 g/mol. The number of halogens is 6. The summed E-state index contributed by atoms with van der Waals surface area (Å²) in [5.41, 5.74) is -2.57. The molecule has 1 fully saturated rings. The van der Waals surface area contributed by atoms with Crippen molar-refractivity contribution in [2.75, 3.05) is 18.4 Å². The fourth-order valence-electron chi connectivity index (χ4n) is 3.13. The molecule has 2 aromatic carbocycles. The molecule has 1 aliphatic rings. The topological polar surface area (TPSA) is 32.3 Å². The number of piperidine rings is 1. The molecule has 0 aromatic heterocycles. The lowest BCUT2D eigenvalue weighted by atomic mass is 9.86. The Morgan fingerprint density at radius 3 is 2.25 bits per heavy atom. The van der Waals surface area contributed by atoms with E-state index >= 15 is 4.39 Å². The molecule has 2 amide bonds. The first-order valence-electron chi connectivity index (χ1n) is 8.45. The van der Waals surface area contributed by atoms with Gasteiger partial charge in [-0.1, -0.05) is 28.1 Å². The summed E-state index contributed by atoms with van der Waals surface area (Å²) in [5.74, 6) is -1.11. The van der Waals surface area contributed by atoms with E-state index in [1.54, 1.807) is 24.3 Å². The van der Waals surface area contributed by atoms with E-state index in [0.29, 0.717) is 17.7 Å². The lowest BCUT2D eigenvalue weighted by molar-refractivity contribution is -0.137. The number of amides is 2. The maximum absolute atomic E-state index is 15.2. The van der Waals surface area contributed by atoms with Crippen molar-refractivity contribution in [3.05, 3.63) is 63.9 Å². The van der Waals surface area contributed by atoms with Crippen LogP contribution in [0.25, 0.3) is 0 Å². The van der Waals surface area contributed by atoms with Crippen molar-refractivity contribution in [3.63, 3.8) is 0 Å². The quantitative estimate of drug-likeness (QED) is 0.537. The third kappa shape index (κ3) is 4.63. The lowest BCUT2D eigenvalue weighted by Crippen LogP contribution is -2.45. The summed E-state index contributed by atoms with van der Waals surface area (Å²) in [4.78, 5) is 13.6. The molecule has 150 valence electrons. The number of benzene rings is 2. The van der Waals surface area contributed by atoms with Crippen molar-refractivity contribution in [2.45, 2.75) is 24.7 Å². The van der Waals surface area contributed by atoms with Gasteiger partial charge in [0.15, 0.2) is 0 Å². The third-order valence-electron chi connectivity index (χ3n) is 4.68. The Balaban J connectivity index is 1.66. The molecule has 28 heavy (non-hydrogen) atoms. The summed E-state index contributed by atoms with van der Waals surface area (Å²) < 4.78 is 67.8. The van der Waals surface area contributed by atoms with Crippen LogP contribution in [-0.2, 0) is 11.8 Å². The highest BCUT2D eigenvalue weighted by Gasteiger charge is 2.37. The molecule has 0 unspecified atom stereocenters. The summed E-state index contributed by atoms with van der Waals surface area (Å²) in [6.45, 7) is 0.166. The highest BCUT2D eigenvalue weighted by molar-refractivity contribution is 9.10. The molecule has 0 radical (unpaired) electrons. The molecule has 9 heteroatoms. The van der Waals surface area contributed by atoms with Crippen molar-refractivity contribution >= 4 is 27.6 Å².